The minimum absolute atomic E-state index is 0.0478. The number of hydrogen-bond acceptors (Lipinski definition) is 7. The highest BCUT2D eigenvalue weighted by Gasteiger charge is 2.23. The first-order valence-corrected chi connectivity index (χ1v) is 8.64. The highest BCUT2D eigenvalue weighted by Crippen LogP contribution is 2.15. The molecular formula is C13H17N5OS2. The SMILES string of the molecule is CCc1nc(CN2CCN(C(=O)c3cnns3)CC2)cs1. The third-order valence-electron chi connectivity index (χ3n) is 3.52. The zero-order chi connectivity index (χ0) is 14.7. The van der Waals surface area contributed by atoms with Gasteiger partial charge >= 0.3 is 0 Å². The number of amides is 1. The molecule has 3 rings (SSSR count). The van der Waals surface area contributed by atoms with E-state index in [0.29, 0.717) is 4.88 Å². The van der Waals surface area contributed by atoms with Crippen molar-refractivity contribution in [3.05, 3.63) is 27.2 Å². The Morgan fingerprint density at radius 2 is 2.14 bits per heavy atom. The van der Waals surface area contributed by atoms with E-state index in [4.69, 9.17) is 0 Å². The van der Waals surface area contributed by atoms with Crippen LogP contribution in [-0.4, -0.2) is 56.5 Å². The summed E-state index contributed by atoms with van der Waals surface area (Å²) >= 11 is 2.89. The van der Waals surface area contributed by atoms with Gasteiger partial charge in [0.05, 0.1) is 16.9 Å². The van der Waals surface area contributed by atoms with Gasteiger partial charge in [-0.2, -0.15) is 0 Å². The number of rotatable bonds is 4. The van der Waals surface area contributed by atoms with Crippen molar-refractivity contribution in [1.29, 1.82) is 0 Å². The molecule has 1 aliphatic heterocycles. The first-order chi connectivity index (χ1) is 10.3. The number of aryl methyl sites for hydroxylation is 1. The van der Waals surface area contributed by atoms with Crippen LogP contribution in [0.1, 0.15) is 27.3 Å². The third kappa shape index (κ3) is 3.45. The second-order valence-electron chi connectivity index (χ2n) is 4.94. The van der Waals surface area contributed by atoms with Gasteiger partial charge in [-0.05, 0) is 18.0 Å². The Hall–Kier alpha value is -1.38. The Kier molecular flexibility index (Phi) is 4.57. The summed E-state index contributed by atoms with van der Waals surface area (Å²) in [6, 6.07) is 0. The second kappa shape index (κ2) is 6.59. The predicted octanol–water partition coefficient (Wildman–Crippen LogP) is 1.52. The topological polar surface area (TPSA) is 62.2 Å². The predicted molar refractivity (Wildman–Crippen MR) is 82.6 cm³/mol. The summed E-state index contributed by atoms with van der Waals surface area (Å²) in [5.74, 6) is 0.0478. The van der Waals surface area contributed by atoms with Gasteiger partial charge in [0.2, 0.25) is 0 Å². The first-order valence-electron chi connectivity index (χ1n) is 6.98. The molecule has 6 nitrogen and oxygen atoms in total. The largest absolute Gasteiger partial charge is 0.335 e. The van der Waals surface area contributed by atoms with Crippen molar-refractivity contribution in [2.75, 3.05) is 26.2 Å². The second-order valence-corrected chi connectivity index (χ2v) is 6.66. The maximum absolute atomic E-state index is 12.2. The van der Waals surface area contributed by atoms with Crippen LogP contribution in [0.5, 0.6) is 0 Å². The Balaban J connectivity index is 1.52. The number of aromatic nitrogens is 3. The molecule has 0 radical (unpaired) electrons. The monoisotopic (exact) mass is 323 g/mol. The van der Waals surface area contributed by atoms with Crippen LogP contribution in [-0.2, 0) is 13.0 Å². The fourth-order valence-electron chi connectivity index (χ4n) is 2.34. The molecule has 112 valence electrons. The maximum atomic E-state index is 12.2. The molecule has 1 saturated heterocycles. The number of hydrogen-bond donors (Lipinski definition) is 0. The van der Waals surface area contributed by atoms with Crippen LogP contribution in [0.4, 0.5) is 0 Å². The van der Waals surface area contributed by atoms with E-state index in [2.05, 4.69) is 31.8 Å². The van der Waals surface area contributed by atoms with Gasteiger partial charge in [0.25, 0.3) is 5.91 Å². The van der Waals surface area contributed by atoms with Gasteiger partial charge < -0.3 is 4.90 Å². The summed E-state index contributed by atoms with van der Waals surface area (Å²) in [6.07, 6.45) is 2.54. The number of piperazine rings is 1. The van der Waals surface area contributed by atoms with E-state index in [9.17, 15) is 4.79 Å². The molecule has 1 amide bonds. The Morgan fingerprint density at radius 1 is 1.33 bits per heavy atom. The highest BCUT2D eigenvalue weighted by molar-refractivity contribution is 7.09. The zero-order valence-electron chi connectivity index (χ0n) is 11.9. The molecule has 1 aliphatic rings. The van der Waals surface area contributed by atoms with Crippen molar-refractivity contribution < 1.29 is 4.79 Å². The van der Waals surface area contributed by atoms with E-state index in [1.54, 1.807) is 17.5 Å². The first kappa shape index (κ1) is 14.6. The quantitative estimate of drug-likeness (QED) is 0.853. The number of nitrogens with zero attached hydrogens (tertiary/aromatic N) is 5. The molecule has 0 aromatic carbocycles. The zero-order valence-corrected chi connectivity index (χ0v) is 13.5. The molecule has 2 aromatic heterocycles. The fourth-order valence-corrected chi connectivity index (χ4v) is 3.56. The van der Waals surface area contributed by atoms with Gasteiger partial charge in [-0.15, -0.1) is 16.4 Å². The van der Waals surface area contributed by atoms with E-state index in [0.717, 1.165) is 56.4 Å². The molecule has 0 aliphatic carbocycles. The number of carbonyl (C=O) groups excluding carboxylic acids is 1. The summed E-state index contributed by atoms with van der Waals surface area (Å²) in [6.45, 7) is 6.28. The van der Waals surface area contributed by atoms with Gasteiger partial charge in [0.1, 0.15) is 4.88 Å². The average Bonchev–Trinajstić information content (AvgIpc) is 3.19. The van der Waals surface area contributed by atoms with Gasteiger partial charge in [-0.1, -0.05) is 11.4 Å². The van der Waals surface area contributed by atoms with Crippen LogP contribution in [0.15, 0.2) is 11.6 Å². The highest BCUT2D eigenvalue weighted by atomic mass is 32.1. The smallest absolute Gasteiger partial charge is 0.267 e. The van der Waals surface area contributed by atoms with Crippen molar-refractivity contribution in [2.24, 2.45) is 0 Å². The van der Waals surface area contributed by atoms with Crippen molar-refractivity contribution in [3.8, 4) is 0 Å². The molecule has 0 saturated carbocycles. The minimum Gasteiger partial charge on any atom is -0.335 e. The van der Waals surface area contributed by atoms with Gasteiger partial charge in [-0.25, -0.2) is 4.98 Å². The van der Waals surface area contributed by atoms with Crippen LogP contribution in [0.3, 0.4) is 0 Å². The Labute approximate surface area is 131 Å². The van der Waals surface area contributed by atoms with Crippen molar-refractivity contribution in [2.45, 2.75) is 19.9 Å². The molecule has 3 heterocycles. The number of thiazole rings is 1. The summed E-state index contributed by atoms with van der Waals surface area (Å²) in [7, 11) is 0. The summed E-state index contributed by atoms with van der Waals surface area (Å²) < 4.78 is 3.75. The molecule has 1 fully saturated rings. The van der Waals surface area contributed by atoms with Gasteiger partial charge in [0.15, 0.2) is 0 Å². The number of carbonyl (C=O) groups is 1. The van der Waals surface area contributed by atoms with Crippen LogP contribution in [0, 0.1) is 0 Å². The molecule has 2 aromatic rings. The molecule has 8 heteroatoms. The van der Waals surface area contributed by atoms with Crippen LogP contribution in [0.2, 0.25) is 0 Å². The molecule has 0 atom stereocenters. The van der Waals surface area contributed by atoms with Crippen molar-refractivity contribution >= 4 is 28.8 Å². The fraction of sp³-hybridized carbons (Fsp3) is 0.538. The lowest BCUT2D eigenvalue weighted by atomic mass is 10.3. The molecule has 0 N–H and O–H groups in total. The maximum Gasteiger partial charge on any atom is 0.267 e. The van der Waals surface area contributed by atoms with Crippen LogP contribution >= 0.6 is 22.9 Å². The van der Waals surface area contributed by atoms with E-state index >= 15 is 0 Å². The lowest BCUT2D eigenvalue weighted by Gasteiger charge is -2.34. The van der Waals surface area contributed by atoms with E-state index in [-0.39, 0.29) is 5.91 Å². The van der Waals surface area contributed by atoms with E-state index < -0.39 is 0 Å². The molecule has 0 bridgehead atoms. The lowest BCUT2D eigenvalue weighted by Crippen LogP contribution is -2.48. The van der Waals surface area contributed by atoms with E-state index in [1.807, 2.05) is 4.90 Å². The van der Waals surface area contributed by atoms with Gasteiger partial charge in [-0.3, -0.25) is 9.69 Å². The minimum atomic E-state index is 0.0478. The van der Waals surface area contributed by atoms with Crippen LogP contribution in [0.25, 0.3) is 0 Å². The van der Waals surface area contributed by atoms with E-state index in [1.165, 1.54) is 5.01 Å². The average molecular weight is 323 g/mol. The molecule has 0 spiro atoms. The normalized spacial score (nSPS) is 16.3. The molecule has 21 heavy (non-hydrogen) atoms. The third-order valence-corrected chi connectivity index (χ3v) is 5.21. The summed E-state index contributed by atoms with van der Waals surface area (Å²) in [4.78, 5) is 21.6. The van der Waals surface area contributed by atoms with Gasteiger partial charge in [0, 0.05) is 38.1 Å². The van der Waals surface area contributed by atoms with Crippen molar-refractivity contribution in [3.63, 3.8) is 0 Å². The van der Waals surface area contributed by atoms with Crippen LogP contribution < -0.4 is 0 Å². The summed E-state index contributed by atoms with van der Waals surface area (Å²) in [5, 5.41) is 7.05. The molecule has 0 unspecified atom stereocenters. The molecular weight excluding hydrogens is 306 g/mol. The Bertz CT molecular complexity index is 589. The lowest BCUT2D eigenvalue weighted by molar-refractivity contribution is 0.0632. The Morgan fingerprint density at radius 3 is 2.76 bits per heavy atom. The van der Waals surface area contributed by atoms with Crippen molar-refractivity contribution in [1.82, 2.24) is 24.4 Å². The summed E-state index contributed by atoms with van der Waals surface area (Å²) in [5.41, 5.74) is 1.14. The standard InChI is InChI=1S/C13H17N5OS2/c1-2-12-15-10(9-20-12)8-17-3-5-18(6-4-17)13(19)11-7-14-16-21-11/h7,9H,2-6,8H2,1H3.